The highest BCUT2D eigenvalue weighted by molar-refractivity contribution is 6.30. The van der Waals surface area contributed by atoms with Crippen molar-refractivity contribution >= 4 is 29.2 Å². The molecule has 2 aromatic rings. The molecule has 118 valence electrons. The van der Waals surface area contributed by atoms with Crippen LogP contribution in [0.25, 0.3) is 5.70 Å². The van der Waals surface area contributed by atoms with Gasteiger partial charge in [-0.05, 0) is 29.8 Å². The van der Waals surface area contributed by atoms with Crippen molar-refractivity contribution in [3.05, 3.63) is 76.6 Å². The standard InChI is InChI=1S/C16H11ClF2N2O2/c1-9(10-5-7-11(17)8-6-10)20-21-15(19)14-12(16(22)23)3-2-4-13(14)18/h2-8,20H,1H2,(H,22,23)/b21-15-. The Morgan fingerprint density at radius 2 is 1.87 bits per heavy atom. The molecule has 2 aromatic carbocycles. The van der Waals surface area contributed by atoms with E-state index in [1.165, 1.54) is 6.07 Å². The van der Waals surface area contributed by atoms with Crippen LogP contribution in [0.1, 0.15) is 21.5 Å². The van der Waals surface area contributed by atoms with Gasteiger partial charge in [0.05, 0.1) is 16.8 Å². The second-order valence-corrected chi connectivity index (χ2v) is 4.90. The summed E-state index contributed by atoms with van der Waals surface area (Å²) in [5.41, 5.74) is 1.91. The van der Waals surface area contributed by atoms with Gasteiger partial charge in [-0.1, -0.05) is 36.4 Å². The van der Waals surface area contributed by atoms with Crippen molar-refractivity contribution in [2.45, 2.75) is 0 Å². The van der Waals surface area contributed by atoms with Crippen molar-refractivity contribution in [1.82, 2.24) is 5.43 Å². The van der Waals surface area contributed by atoms with E-state index in [1.807, 2.05) is 0 Å². The van der Waals surface area contributed by atoms with Gasteiger partial charge in [-0.15, -0.1) is 5.10 Å². The molecule has 0 amide bonds. The van der Waals surface area contributed by atoms with Gasteiger partial charge in [-0.2, -0.15) is 4.39 Å². The van der Waals surface area contributed by atoms with Crippen molar-refractivity contribution in [3.63, 3.8) is 0 Å². The highest BCUT2D eigenvalue weighted by Gasteiger charge is 2.19. The third-order valence-electron chi connectivity index (χ3n) is 2.93. The number of carboxylic acid groups (broad SMARTS) is 1. The molecule has 0 aromatic heterocycles. The third kappa shape index (κ3) is 3.92. The molecule has 0 atom stereocenters. The zero-order chi connectivity index (χ0) is 17.0. The average Bonchev–Trinajstić information content (AvgIpc) is 2.52. The molecule has 0 aliphatic carbocycles. The van der Waals surface area contributed by atoms with Gasteiger partial charge in [0.1, 0.15) is 5.82 Å². The van der Waals surface area contributed by atoms with E-state index >= 15 is 0 Å². The number of benzene rings is 2. The van der Waals surface area contributed by atoms with Crippen LogP contribution < -0.4 is 5.43 Å². The molecule has 0 spiro atoms. The molecule has 0 aliphatic rings. The molecule has 0 bridgehead atoms. The topological polar surface area (TPSA) is 61.7 Å². The van der Waals surface area contributed by atoms with Crippen molar-refractivity contribution in [1.29, 1.82) is 0 Å². The van der Waals surface area contributed by atoms with E-state index in [4.69, 9.17) is 16.7 Å². The van der Waals surface area contributed by atoms with Gasteiger partial charge in [0, 0.05) is 5.02 Å². The van der Waals surface area contributed by atoms with Crippen LogP contribution in [-0.4, -0.2) is 17.0 Å². The number of aromatic carboxylic acids is 1. The quantitative estimate of drug-likeness (QED) is 0.639. The van der Waals surface area contributed by atoms with Crippen LogP contribution in [0.15, 0.2) is 54.1 Å². The molecule has 0 fully saturated rings. The molecule has 2 N–H and O–H groups in total. The molecule has 0 radical (unpaired) electrons. The summed E-state index contributed by atoms with van der Waals surface area (Å²) in [7, 11) is 0. The number of nitrogens with zero attached hydrogens (tertiary/aromatic N) is 1. The van der Waals surface area contributed by atoms with Crippen LogP contribution in [0.3, 0.4) is 0 Å². The van der Waals surface area contributed by atoms with E-state index in [0.29, 0.717) is 10.6 Å². The molecule has 0 saturated heterocycles. The van der Waals surface area contributed by atoms with Gasteiger partial charge in [-0.25, -0.2) is 9.18 Å². The number of carboxylic acids is 1. The van der Waals surface area contributed by atoms with E-state index in [1.54, 1.807) is 24.3 Å². The van der Waals surface area contributed by atoms with Crippen molar-refractivity contribution in [2.24, 2.45) is 5.10 Å². The van der Waals surface area contributed by atoms with Gasteiger partial charge in [0.2, 0.25) is 5.97 Å². The normalized spacial score (nSPS) is 11.2. The number of carbonyl (C=O) groups is 1. The zero-order valence-corrected chi connectivity index (χ0v) is 12.4. The summed E-state index contributed by atoms with van der Waals surface area (Å²) in [6.07, 6.45) is 0. The second kappa shape index (κ2) is 7.02. The summed E-state index contributed by atoms with van der Waals surface area (Å²) in [4.78, 5) is 11.0. The van der Waals surface area contributed by atoms with Gasteiger partial charge < -0.3 is 5.11 Å². The van der Waals surface area contributed by atoms with Crippen LogP contribution in [0.4, 0.5) is 8.78 Å². The predicted octanol–water partition coefficient (Wildman–Crippen LogP) is 4.07. The maximum Gasteiger partial charge on any atom is 0.336 e. The second-order valence-electron chi connectivity index (χ2n) is 4.47. The van der Waals surface area contributed by atoms with Gasteiger partial charge >= 0.3 is 5.97 Å². The number of halogens is 3. The van der Waals surface area contributed by atoms with Crippen LogP contribution in [-0.2, 0) is 0 Å². The lowest BCUT2D eigenvalue weighted by molar-refractivity contribution is 0.0696. The van der Waals surface area contributed by atoms with E-state index in [0.717, 1.165) is 12.1 Å². The van der Waals surface area contributed by atoms with Crippen molar-refractivity contribution < 1.29 is 18.7 Å². The number of nitrogens with one attached hydrogen (secondary N) is 1. The van der Waals surface area contributed by atoms with Crippen molar-refractivity contribution in [2.75, 3.05) is 0 Å². The van der Waals surface area contributed by atoms with Crippen LogP contribution in [0.2, 0.25) is 5.02 Å². The summed E-state index contributed by atoms with van der Waals surface area (Å²) in [5.74, 6) is -3.78. The van der Waals surface area contributed by atoms with Gasteiger partial charge in [-0.3, -0.25) is 5.43 Å². The first-order chi connectivity index (χ1) is 10.9. The third-order valence-corrected chi connectivity index (χ3v) is 3.18. The molecule has 7 heteroatoms. The maximum absolute atomic E-state index is 14.1. The van der Waals surface area contributed by atoms with Crippen LogP contribution in [0.5, 0.6) is 0 Å². The molecule has 0 unspecified atom stereocenters. The number of rotatable bonds is 5. The lowest BCUT2D eigenvalue weighted by Crippen LogP contribution is -2.12. The van der Waals surface area contributed by atoms with Gasteiger partial charge in [0.15, 0.2) is 0 Å². The monoisotopic (exact) mass is 336 g/mol. The number of hydrogen-bond acceptors (Lipinski definition) is 3. The van der Waals surface area contributed by atoms with Gasteiger partial charge in [0.25, 0.3) is 0 Å². The Balaban J connectivity index is 2.25. The minimum absolute atomic E-state index is 0.241. The number of hydrazone groups is 1. The Labute approximate surface area is 135 Å². The maximum atomic E-state index is 14.1. The summed E-state index contributed by atoms with van der Waals surface area (Å²) in [6, 6.07) is 9.71. The highest BCUT2D eigenvalue weighted by Crippen LogP contribution is 2.17. The van der Waals surface area contributed by atoms with E-state index in [9.17, 15) is 13.6 Å². The highest BCUT2D eigenvalue weighted by atomic mass is 35.5. The first-order valence-electron chi connectivity index (χ1n) is 6.36. The molecule has 0 heterocycles. The molecule has 0 saturated carbocycles. The molecule has 2 rings (SSSR count). The molecular weight excluding hydrogens is 326 g/mol. The first kappa shape index (κ1) is 16.6. The average molecular weight is 337 g/mol. The van der Waals surface area contributed by atoms with Crippen LogP contribution >= 0.6 is 11.6 Å². The van der Waals surface area contributed by atoms with E-state index < -0.39 is 28.9 Å². The molecule has 0 aliphatic heterocycles. The SMILES string of the molecule is C=C(N/N=C(\F)c1c(F)cccc1C(=O)O)c1ccc(Cl)cc1. The zero-order valence-electron chi connectivity index (χ0n) is 11.7. The number of hydrogen-bond donors (Lipinski definition) is 2. The minimum Gasteiger partial charge on any atom is -0.478 e. The van der Waals surface area contributed by atoms with E-state index in [2.05, 4.69) is 17.1 Å². The Kier molecular flexibility index (Phi) is 5.08. The summed E-state index contributed by atoms with van der Waals surface area (Å²) < 4.78 is 27.8. The lowest BCUT2D eigenvalue weighted by atomic mass is 10.1. The Bertz CT molecular complexity index is 789. The fraction of sp³-hybridized carbons (Fsp3) is 0. The Morgan fingerprint density at radius 3 is 2.48 bits per heavy atom. The fourth-order valence-corrected chi connectivity index (χ4v) is 1.93. The molecular formula is C16H11ClF2N2O2. The Hall–Kier alpha value is -2.73. The van der Waals surface area contributed by atoms with Crippen LogP contribution in [0, 0.1) is 5.82 Å². The molecule has 4 nitrogen and oxygen atoms in total. The lowest BCUT2D eigenvalue weighted by Gasteiger charge is -2.07. The first-order valence-corrected chi connectivity index (χ1v) is 6.74. The summed E-state index contributed by atoms with van der Waals surface area (Å²) >= 11 is 5.75. The largest absolute Gasteiger partial charge is 0.478 e. The Morgan fingerprint density at radius 1 is 1.22 bits per heavy atom. The summed E-state index contributed by atoms with van der Waals surface area (Å²) in [5, 5.41) is 12.9. The van der Waals surface area contributed by atoms with E-state index in [-0.39, 0.29) is 5.70 Å². The summed E-state index contributed by atoms with van der Waals surface area (Å²) in [6.45, 7) is 3.66. The van der Waals surface area contributed by atoms with Crippen molar-refractivity contribution in [3.8, 4) is 0 Å². The predicted molar refractivity (Wildman–Crippen MR) is 84.6 cm³/mol. The molecule has 23 heavy (non-hydrogen) atoms. The fourth-order valence-electron chi connectivity index (χ4n) is 1.80. The minimum atomic E-state index is -1.46. The smallest absolute Gasteiger partial charge is 0.336 e.